The van der Waals surface area contributed by atoms with Gasteiger partial charge >= 0.3 is 0 Å². The van der Waals surface area contributed by atoms with E-state index in [0.717, 1.165) is 32.9 Å². The number of benzene rings is 1. The van der Waals surface area contributed by atoms with Crippen molar-refractivity contribution in [2.24, 2.45) is 5.73 Å². The maximum atomic E-state index is 6.25. The van der Waals surface area contributed by atoms with Crippen molar-refractivity contribution < 1.29 is 4.42 Å². The van der Waals surface area contributed by atoms with Crippen LogP contribution in [0.1, 0.15) is 16.5 Å². The Bertz CT molecular complexity index is 673. The summed E-state index contributed by atoms with van der Waals surface area (Å²) in [6, 6.07) is 9.74. The minimum Gasteiger partial charge on any atom is -0.464 e. The van der Waals surface area contributed by atoms with Crippen molar-refractivity contribution in [3.8, 4) is 0 Å². The molecule has 0 aliphatic rings. The van der Waals surface area contributed by atoms with E-state index in [1.54, 1.807) is 17.6 Å². The van der Waals surface area contributed by atoms with E-state index in [-0.39, 0.29) is 6.04 Å². The van der Waals surface area contributed by atoms with Crippen LogP contribution in [0.5, 0.6) is 0 Å². The predicted molar refractivity (Wildman–Crippen MR) is 76.2 cm³/mol. The zero-order valence-electron chi connectivity index (χ0n) is 9.60. The number of rotatable bonds is 3. The number of furan rings is 1. The summed E-state index contributed by atoms with van der Waals surface area (Å²) in [7, 11) is 0. The van der Waals surface area contributed by atoms with Crippen molar-refractivity contribution in [1.82, 2.24) is 0 Å². The van der Waals surface area contributed by atoms with Gasteiger partial charge in [0.05, 0.1) is 11.3 Å². The zero-order chi connectivity index (χ0) is 12.5. The molecule has 1 unspecified atom stereocenters. The molecule has 3 rings (SSSR count). The molecule has 0 bridgehead atoms. The number of hydrogen-bond acceptors (Lipinski definition) is 3. The monoisotopic (exact) mass is 277 g/mol. The molecule has 2 aromatic heterocycles. The number of halogens is 1. The first kappa shape index (κ1) is 11.8. The summed E-state index contributed by atoms with van der Waals surface area (Å²) in [4.78, 5) is 1.12. The van der Waals surface area contributed by atoms with Crippen molar-refractivity contribution in [3.63, 3.8) is 0 Å². The lowest BCUT2D eigenvalue weighted by Crippen LogP contribution is -2.12. The van der Waals surface area contributed by atoms with E-state index < -0.39 is 0 Å². The second-order valence-corrected chi connectivity index (χ2v) is 5.60. The SMILES string of the molecule is NC(Cc1sccc1Cl)c1coc2ccccc12. The molecule has 3 aromatic rings. The highest BCUT2D eigenvalue weighted by molar-refractivity contribution is 7.10. The van der Waals surface area contributed by atoms with Crippen molar-refractivity contribution in [1.29, 1.82) is 0 Å². The summed E-state index contributed by atoms with van der Waals surface area (Å²) in [5.74, 6) is 0. The molecular formula is C14H12ClNOS. The third-order valence-corrected chi connectivity index (χ3v) is 4.42. The van der Waals surface area contributed by atoms with E-state index in [4.69, 9.17) is 21.8 Å². The van der Waals surface area contributed by atoms with Crippen LogP contribution in [-0.4, -0.2) is 0 Å². The average Bonchev–Trinajstić information content (AvgIpc) is 2.96. The maximum Gasteiger partial charge on any atom is 0.134 e. The van der Waals surface area contributed by atoms with E-state index in [2.05, 4.69) is 0 Å². The van der Waals surface area contributed by atoms with Crippen LogP contribution >= 0.6 is 22.9 Å². The highest BCUT2D eigenvalue weighted by Gasteiger charge is 2.15. The summed E-state index contributed by atoms with van der Waals surface area (Å²) in [6.07, 6.45) is 2.48. The molecule has 0 radical (unpaired) electrons. The van der Waals surface area contributed by atoms with Crippen LogP contribution in [0, 0.1) is 0 Å². The molecular weight excluding hydrogens is 266 g/mol. The Balaban J connectivity index is 1.93. The fourth-order valence-electron chi connectivity index (χ4n) is 2.07. The molecule has 0 saturated carbocycles. The molecule has 0 saturated heterocycles. The van der Waals surface area contributed by atoms with Crippen LogP contribution in [-0.2, 0) is 6.42 Å². The Kier molecular flexibility index (Phi) is 3.12. The van der Waals surface area contributed by atoms with Gasteiger partial charge in [0.2, 0.25) is 0 Å². The first-order valence-corrected chi connectivity index (χ1v) is 6.95. The van der Waals surface area contributed by atoms with Crippen molar-refractivity contribution >= 4 is 33.9 Å². The normalized spacial score (nSPS) is 13.0. The van der Waals surface area contributed by atoms with Gasteiger partial charge < -0.3 is 10.2 Å². The van der Waals surface area contributed by atoms with Gasteiger partial charge in [0.1, 0.15) is 5.58 Å². The number of nitrogens with two attached hydrogens (primary N) is 1. The van der Waals surface area contributed by atoms with E-state index in [1.165, 1.54) is 0 Å². The molecule has 2 nitrogen and oxygen atoms in total. The Morgan fingerprint density at radius 2 is 2.11 bits per heavy atom. The number of hydrogen-bond donors (Lipinski definition) is 1. The molecule has 0 amide bonds. The standard InChI is InChI=1S/C14H12ClNOS/c15-11-5-6-18-14(11)7-12(16)10-8-17-13-4-2-1-3-9(10)13/h1-6,8,12H,7,16H2. The lowest BCUT2D eigenvalue weighted by atomic mass is 10.0. The number of thiophene rings is 1. The van der Waals surface area contributed by atoms with Gasteiger partial charge in [-0.25, -0.2) is 0 Å². The van der Waals surface area contributed by atoms with Gasteiger partial charge in [0.25, 0.3) is 0 Å². The third kappa shape index (κ3) is 2.05. The Morgan fingerprint density at radius 3 is 2.89 bits per heavy atom. The average molecular weight is 278 g/mol. The van der Waals surface area contributed by atoms with Gasteiger partial charge in [0.15, 0.2) is 0 Å². The highest BCUT2D eigenvalue weighted by Crippen LogP contribution is 2.30. The van der Waals surface area contributed by atoms with Gasteiger partial charge in [0, 0.05) is 28.3 Å². The predicted octanol–water partition coefficient (Wildman–Crippen LogP) is 4.39. The van der Waals surface area contributed by atoms with Crippen LogP contribution in [0.25, 0.3) is 11.0 Å². The van der Waals surface area contributed by atoms with Crippen molar-refractivity contribution in [2.45, 2.75) is 12.5 Å². The van der Waals surface area contributed by atoms with Crippen LogP contribution in [0.15, 0.2) is 46.4 Å². The molecule has 0 spiro atoms. The first-order chi connectivity index (χ1) is 8.75. The van der Waals surface area contributed by atoms with Gasteiger partial charge in [-0.2, -0.15) is 0 Å². The second-order valence-electron chi connectivity index (χ2n) is 4.19. The molecule has 0 aliphatic carbocycles. The molecule has 1 aromatic carbocycles. The minimum atomic E-state index is -0.0928. The Hall–Kier alpha value is -1.29. The van der Waals surface area contributed by atoms with Gasteiger partial charge in [-0.15, -0.1) is 11.3 Å². The van der Waals surface area contributed by atoms with Crippen LogP contribution in [0.4, 0.5) is 0 Å². The van der Waals surface area contributed by atoms with Crippen LogP contribution in [0.3, 0.4) is 0 Å². The van der Waals surface area contributed by atoms with Crippen molar-refractivity contribution in [2.75, 3.05) is 0 Å². The van der Waals surface area contributed by atoms with E-state index >= 15 is 0 Å². The molecule has 0 fully saturated rings. The Morgan fingerprint density at radius 1 is 1.28 bits per heavy atom. The smallest absolute Gasteiger partial charge is 0.134 e. The lowest BCUT2D eigenvalue weighted by molar-refractivity contribution is 0.600. The second kappa shape index (κ2) is 4.76. The number of para-hydroxylation sites is 1. The van der Waals surface area contributed by atoms with E-state index in [1.807, 2.05) is 35.7 Å². The van der Waals surface area contributed by atoms with Crippen LogP contribution in [0.2, 0.25) is 5.02 Å². The molecule has 4 heteroatoms. The zero-order valence-corrected chi connectivity index (χ0v) is 11.2. The van der Waals surface area contributed by atoms with Gasteiger partial charge in [-0.05, 0) is 17.5 Å². The lowest BCUT2D eigenvalue weighted by Gasteiger charge is -2.09. The summed E-state index contributed by atoms with van der Waals surface area (Å²) in [6.45, 7) is 0. The topological polar surface area (TPSA) is 39.2 Å². The van der Waals surface area contributed by atoms with Gasteiger partial charge in [-0.3, -0.25) is 0 Å². The minimum absolute atomic E-state index is 0.0928. The van der Waals surface area contributed by atoms with E-state index in [0.29, 0.717) is 0 Å². The molecule has 0 aliphatic heterocycles. The molecule has 18 heavy (non-hydrogen) atoms. The Labute approximate surface area is 114 Å². The first-order valence-electron chi connectivity index (χ1n) is 5.69. The molecule has 92 valence electrons. The maximum absolute atomic E-state index is 6.25. The fraction of sp³-hybridized carbons (Fsp3) is 0.143. The quantitative estimate of drug-likeness (QED) is 0.771. The summed E-state index contributed by atoms with van der Waals surface area (Å²) in [5.41, 5.74) is 8.17. The number of fused-ring (bicyclic) bond motifs is 1. The third-order valence-electron chi connectivity index (χ3n) is 3.01. The summed E-state index contributed by atoms with van der Waals surface area (Å²) in [5, 5.41) is 3.86. The highest BCUT2D eigenvalue weighted by atomic mass is 35.5. The molecule has 1 atom stereocenters. The fourth-order valence-corrected chi connectivity index (χ4v) is 3.24. The molecule has 2 heterocycles. The van der Waals surface area contributed by atoms with E-state index in [9.17, 15) is 0 Å². The van der Waals surface area contributed by atoms with Crippen LogP contribution < -0.4 is 5.73 Å². The molecule has 2 N–H and O–H groups in total. The van der Waals surface area contributed by atoms with Gasteiger partial charge in [-0.1, -0.05) is 29.8 Å². The largest absolute Gasteiger partial charge is 0.464 e. The van der Waals surface area contributed by atoms with Crippen molar-refractivity contribution in [3.05, 3.63) is 57.4 Å². The summed E-state index contributed by atoms with van der Waals surface area (Å²) >= 11 is 7.73. The summed E-state index contributed by atoms with van der Waals surface area (Å²) < 4.78 is 5.51.